The first-order valence-corrected chi connectivity index (χ1v) is 9.13. The molecule has 0 spiro atoms. The maximum Gasteiger partial charge on any atom is 0.253 e. The molecule has 2 heterocycles. The van der Waals surface area contributed by atoms with Crippen LogP contribution in [0, 0.1) is 5.92 Å². The number of piperazine rings is 1. The van der Waals surface area contributed by atoms with Crippen LogP contribution in [0.4, 0.5) is 0 Å². The van der Waals surface area contributed by atoms with E-state index in [1.165, 1.54) is 5.56 Å². The summed E-state index contributed by atoms with van der Waals surface area (Å²) in [4.78, 5) is 31.1. The Bertz CT molecular complexity index is 634. The highest BCUT2D eigenvalue weighted by Gasteiger charge is 2.38. The molecule has 0 radical (unpaired) electrons. The van der Waals surface area contributed by atoms with Gasteiger partial charge in [0.1, 0.15) is 0 Å². The van der Waals surface area contributed by atoms with Crippen molar-refractivity contribution >= 4 is 11.8 Å². The molecule has 0 atom stereocenters. The first kappa shape index (κ1) is 17.9. The number of hydrogen-bond acceptors (Lipinski definition) is 3. The molecule has 2 fully saturated rings. The summed E-state index contributed by atoms with van der Waals surface area (Å²) < 4.78 is 0. The fourth-order valence-corrected chi connectivity index (χ4v) is 3.38. The van der Waals surface area contributed by atoms with Crippen LogP contribution in [0.3, 0.4) is 0 Å². The minimum atomic E-state index is -0.0267. The van der Waals surface area contributed by atoms with E-state index < -0.39 is 0 Å². The van der Waals surface area contributed by atoms with Gasteiger partial charge < -0.3 is 14.7 Å². The van der Waals surface area contributed by atoms with Gasteiger partial charge >= 0.3 is 0 Å². The Balaban J connectivity index is 1.53. The van der Waals surface area contributed by atoms with E-state index >= 15 is 0 Å². The number of carbonyl (C=O) groups is 2. The van der Waals surface area contributed by atoms with Crippen LogP contribution in [0.15, 0.2) is 24.3 Å². The molecule has 5 nitrogen and oxygen atoms in total. The van der Waals surface area contributed by atoms with Gasteiger partial charge in [-0.1, -0.05) is 32.9 Å². The second-order valence-electron chi connectivity index (χ2n) is 8.36. The molecule has 2 aliphatic heterocycles. The molecule has 25 heavy (non-hydrogen) atoms. The third kappa shape index (κ3) is 3.87. The Kier molecular flexibility index (Phi) is 4.87. The van der Waals surface area contributed by atoms with E-state index in [9.17, 15) is 9.59 Å². The molecule has 136 valence electrons. The molecule has 0 aliphatic carbocycles. The summed E-state index contributed by atoms with van der Waals surface area (Å²) in [6.07, 6.45) is 0. The number of likely N-dealkylation sites (tertiary alicyclic amines) is 1. The number of rotatable bonds is 2. The molecular weight excluding hydrogens is 314 g/mol. The van der Waals surface area contributed by atoms with Crippen molar-refractivity contribution in [1.82, 2.24) is 14.7 Å². The zero-order valence-corrected chi connectivity index (χ0v) is 15.8. The van der Waals surface area contributed by atoms with Gasteiger partial charge in [0, 0.05) is 44.8 Å². The van der Waals surface area contributed by atoms with Crippen molar-refractivity contribution in [3.63, 3.8) is 0 Å². The van der Waals surface area contributed by atoms with Gasteiger partial charge in [-0.05, 0) is 30.2 Å². The number of benzene rings is 1. The monoisotopic (exact) mass is 343 g/mol. The van der Waals surface area contributed by atoms with Crippen LogP contribution in [0.25, 0.3) is 0 Å². The topological polar surface area (TPSA) is 43.9 Å². The second-order valence-corrected chi connectivity index (χ2v) is 8.36. The van der Waals surface area contributed by atoms with Crippen LogP contribution in [-0.2, 0) is 10.2 Å². The van der Waals surface area contributed by atoms with Crippen LogP contribution >= 0.6 is 0 Å². The van der Waals surface area contributed by atoms with Gasteiger partial charge in [0.15, 0.2) is 0 Å². The maximum atomic E-state index is 12.6. The molecule has 0 unspecified atom stereocenters. The van der Waals surface area contributed by atoms with Gasteiger partial charge in [-0.2, -0.15) is 0 Å². The average molecular weight is 343 g/mol. The Hall–Kier alpha value is -1.88. The normalized spacial score (nSPS) is 19.7. The summed E-state index contributed by atoms with van der Waals surface area (Å²) in [5.74, 6) is 0.212. The molecule has 1 aromatic carbocycles. The smallest absolute Gasteiger partial charge is 0.253 e. The lowest BCUT2D eigenvalue weighted by molar-refractivity contribution is -0.141. The largest absolute Gasteiger partial charge is 0.340 e. The number of nitrogens with zero attached hydrogens (tertiary/aromatic N) is 3. The van der Waals surface area contributed by atoms with Crippen molar-refractivity contribution in [2.24, 2.45) is 5.92 Å². The number of likely N-dealkylation sites (N-methyl/N-ethyl adjacent to an activating group) is 1. The number of carbonyl (C=O) groups excluding carboxylic acids is 2. The third-order valence-electron chi connectivity index (χ3n) is 5.33. The second kappa shape index (κ2) is 6.79. The van der Waals surface area contributed by atoms with Crippen LogP contribution < -0.4 is 0 Å². The predicted molar refractivity (Wildman–Crippen MR) is 98.6 cm³/mol. The van der Waals surface area contributed by atoms with E-state index in [0.717, 1.165) is 26.2 Å². The molecular formula is C20H29N3O2. The lowest BCUT2D eigenvalue weighted by Gasteiger charge is -2.42. The molecule has 1 aromatic rings. The summed E-state index contributed by atoms with van der Waals surface area (Å²) in [7, 11) is 2.08. The molecule has 0 saturated carbocycles. The van der Waals surface area contributed by atoms with Gasteiger partial charge in [0.25, 0.3) is 5.91 Å². The summed E-state index contributed by atoms with van der Waals surface area (Å²) in [6, 6.07) is 7.86. The van der Waals surface area contributed by atoms with Crippen molar-refractivity contribution in [2.75, 3.05) is 46.3 Å². The molecule has 2 saturated heterocycles. The lowest BCUT2D eigenvalue weighted by Crippen LogP contribution is -2.58. The number of hydrogen-bond donors (Lipinski definition) is 0. The zero-order chi connectivity index (χ0) is 18.2. The van der Waals surface area contributed by atoms with Gasteiger partial charge in [0.2, 0.25) is 5.91 Å². The lowest BCUT2D eigenvalue weighted by atomic mass is 9.86. The SMILES string of the molecule is CN1CCN(C(=O)C2CN(C(=O)c3ccc(C(C)(C)C)cc3)C2)CC1. The minimum Gasteiger partial charge on any atom is -0.340 e. The van der Waals surface area contributed by atoms with E-state index in [1.807, 2.05) is 29.2 Å². The summed E-state index contributed by atoms with van der Waals surface area (Å²) in [5.41, 5.74) is 2.01. The first-order chi connectivity index (χ1) is 11.8. The average Bonchev–Trinajstić information content (AvgIpc) is 2.53. The highest BCUT2D eigenvalue weighted by Crippen LogP contribution is 2.25. The quantitative estimate of drug-likeness (QED) is 0.823. The van der Waals surface area contributed by atoms with Crippen LogP contribution in [0.1, 0.15) is 36.7 Å². The predicted octanol–water partition coefficient (Wildman–Crippen LogP) is 1.83. The summed E-state index contributed by atoms with van der Waals surface area (Å²) >= 11 is 0. The molecule has 0 bridgehead atoms. The van der Waals surface area contributed by atoms with Crippen molar-refractivity contribution in [1.29, 1.82) is 0 Å². The molecule has 0 aromatic heterocycles. The van der Waals surface area contributed by atoms with Crippen molar-refractivity contribution < 1.29 is 9.59 Å². The van der Waals surface area contributed by atoms with E-state index in [2.05, 4.69) is 32.7 Å². The third-order valence-corrected chi connectivity index (χ3v) is 5.33. The van der Waals surface area contributed by atoms with Crippen molar-refractivity contribution in [3.05, 3.63) is 35.4 Å². The standard InChI is InChI=1S/C20H29N3O2/c1-20(2,3)17-7-5-15(6-8-17)18(24)23-13-16(14-23)19(25)22-11-9-21(4)10-12-22/h5-8,16H,9-14H2,1-4H3. The van der Waals surface area contributed by atoms with Gasteiger partial charge in [-0.15, -0.1) is 0 Å². The Morgan fingerprint density at radius 1 is 0.920 bits per heavy atom. The van der Waals surface area contributed by atoms with Crippen LogP contribution in [0.5, 0.6) is 0 Å². The highest BCUT2D eigenvalue weighted by molar-refractivity contribution is 5.96. The van der Waals surface area contributed by atoms with Gasteiger partial charge in [-0.3, -0.25) is 9.59 Å². The summed E-state index contributed by atoms with van der Waals surface area (Å²) in [6.45, 7) is 11.0. The Labute approximate surface area is 150 Å². The zero-order valence-electron chi connectivity index (χ0n) is 15.8. The molecule has 2 aliphatic rings. The van der Waals surface area contributed by atoms with Gasteiger partial charge in [-0.25, -0.2) is 0 Å². The molecule has 3 rings (SSSR count). The first-order valence-electron chi connectivity index (χ1n) is 9.13. The van der Waals surface area contributed by atoms with E-state index in [4.69, 9.17) is 0 Å². The van der Waals surface area contributed by atoms with E-state index in [0.29, 0.717) is 18.7 Å². The van der Waals surface area contributed by atoms with Crippen molar-refractivity contribution in [3.8, 4) is 0 Å². The summed E-state index contributed by atoms with van der Waals surface area (Å²) in [5, 5.41) is 0. The Morgan fingerprint density at radius 2 is 1.48 bits per heavy atom. The van der Waals surface area contributed by atoms with E-state index in [-0.39, 0.29) is 23.1 Å². The highest BCUT2D eigenvalue weighted by atomic mass is 16.2. The minimum absolute atomic E-state index is 0.0267. The number of amides is 2. The fourth-order valence-electron chi connectivity index (χ4n) is 3.38. The molecule has 2 amide bonds. The van der Waals surface area contributed by atoms with Crippen LogP contribution in [0.2, 0.25) is 0 Å². The molecule has 0 N–H and O–H groups in total. The maximum absolute atomic E-state index is 12.6. The van der Waals surface area contributed by atoms with Gasteiger partial charge in [0.05, 0.1) is 5.92 Å². The Morgan fingerprint density at radius 3 is 2.00 bits per heavy atom. The van der Waals surface area contributed by atoms with Crippen molar-refractivity contribution in [2.45, 2.75) is 26.2 Å². The van der Waals surface area contributed by atoms with Crippen LogP contribution in [-0.4, -0.2) is 72.8 Å². The van der Waals surface area contributed by atoms with E-state index in [1.54, 1.807) is 4.90 Å². The molecule has 5 heteroatoms. The fraction of sp³-hybridized carbons (Fsp3) is 0.600.